The van der Waals surface area contributed by atoms with Gasteiger partial charge in [-0.15, -0.1) is 0 Å². The third-order valence-electron chi connectivity index (χ3n) is 2.80. The standard InChI is InChI=1S/C11H12BrN5/c12-9-7(17-11-15-5-6-16-11)1-2-8-10(9)14-4-3-13-8/h1-4,8,10H,5-6H2,(H2,15,16,17). The van der Waals surface area contributed by atoms with E-state index in [-0.39, 0.29) is 12.1 Å². The molecule has 0 aromatic rings. The molecular formula is C11H12BrN5. The number of halogens is 1. The van der Waals surface area contributed by atoms with Crippen LogP contribution >= 0.6 is 15.9 Å². The van der Waals surface area contributed by atoms with Crippen molar-refractivity contribution in [3.63, 3.8) is 0 Å². The van der Waals surface area contributed by atoms with E-state index >= 15 is 0 Å². The van der Waals surface area contributed by atoms with Gasteiger partial charge in [0.1, 0.15) is 6.04 Å². The number of hydrogen-bond acceptors (Lipinski definition) is 5. The lowest BCUT2D eigenvalue weighted by Crippen LogP contribution is -2.36. The van der Waals surface area contributed by atoms with Crippen LogP contribution in [0.15, 0.2) is 37.3 Å². The Morgan fingerprint density at radius 2 is 2.24 bits per heavy atom. The molecule has 0 radical (unpaired) electrons. The van der Waals surface area contributed by atoms with Crippen LogP contribution < -0.4 is 10.6 Å². The molecule has 0 amide bonds. The highest BCUT2D eigenvalue weighted by atomic mass is 79.9. The molecular weight excluding hydrogens is 282 g/mol. The minimum atomic E-state index is 0.0505. The summed E-state index contributed by atoms with van der Waals surface area (Å²) in [5.41, 5.74) is 0.994. The maximum atomic E-state index is 4.43. The van der Waals surface area contributed by atoms with E-state index in [1.165, 1.54) is 0 Å². The highest BCUT2D eigenvalue weighted by Crippen LogP contribution is 2.28. The van der Waals surface area contributed by atoms with Gasteiger partial charge in [-0.3, -0.25) is 15.0 Å². The molecule has 5 nitrogen and oxygen atoms in total. The lowest BCUT2D eigenvalue weighted by molar-refractivity contribution is 0.686. The van der Waals surface area contributed by atoms with Gasteiger partial charge < -0.3 is 10.6 Å². The third-order valence-corrected chi connectivity index (χ3v) is 3.70. The molecule has 17 heavy (non-hydrogen) atoms. The van der Waals surface area contributed by atoms with Gasteiger partial charge in [0.25, 0.3) is 0 Å². The van der Waals surface area contributed by atoms with Gasteiger partial charge >= 0.3 is 0 Å². The lowest BCUT2D eigenvalue weighted by Gasteiger charge is -2.25. The number of hydrogen-bond donors (Lipinski definition) is 2. The highest BCUT2D eigenvalue weighted by Gasteiger charge is 2.27. The Labute approximate surface area is 108 Å². The Morgan fingerprint density at radius 1 is 1.35 bits per heavy atom. The lowest BCUT2D eigenvalue weighted by atomic mass is 10.0. The van der Waals surface area contributed by atoms with E-state index in [9.17, 15) is 0 Å². The van der Waals surface area contributed by atoms with Gasteiger partial charge in [0, 0.05) is 23.5 Å². The van der Waals surface area contributed by atoms with Crippen molar-refractivity contribution < 1.29 is 0 Å². The summed E-state index contributed by atoms with van der Waals surface area (Å²) in [6.45, 7) is 1.72. The fraction of sp³-hybridized carbons (Fsp3) is 0.364. The molecule has 3 rings (SSSR count). The van der Waals surface area contributed by atoms with E-state index in [0.29, 0.717) is 0 Å². The normalized spacial score (nSPS) is 30.1. The predicted octanol–water partition coefficient (Wildman–Crippen LogP) is 0.604. The van der Waals surface area contributed by atoms with Gasteiger partial charge in [0.15, 0.2) is 5.96 Å². The number of guanidine groups is 1. The number of fused-ring (bicyclic) bond motifs is 1. The van der Waals surface area contributed by atoms with Crippen LogP contribution in [0.3, 0.4) is 0 Å². The molecule has 0 spiro atoms. The van der Waals surface area contributed by atoms with E-state index in [0.717, 1.165) is 29.2 Å². The average molecular weight is 294 g/mol. The maximum Gasteiger partial charge on any atom is 0.195 e. The third kappa shape index (κ3) is 2.04. The molecule has 0 fully saturated rings. The SMILES string of the molecule is BrC1=C(NC2=NCCN2)C=CC2N=CC=NC12. The average Bonchev–Trinajstić information content (AvgIpc) is 2.86. The first-order valence-electron chi connectivity index (χ1n) is 5.53. The molecule has 0 aromatic heterocycles. The van der Waals surface area contributed by atoms with Gasteiger partial charge in [-0.05, 0) is 6.08 Å². The molecule has 0 saturated heterocycles. The largest absolute Gasteiger partial charge is 0.354 e. The number of aliphatic imine (C=N–C) groups is 3. The summed E-state index contributed by atoms with van der Waals surface area (Å²) in [5.74, 6) is 0.823. The van der Waals surface area contributed by atoms with E-state index in [2.05, 4.69) is 47.6 Å². The molecule has 3 aliphatic rings. The molecule has 0 bridgehead atoms. The number of nitrogens with zero attached hydrogens (tertiary/aromatic N) is 3. The number of nitrogens with one attached hydrogen (secondary N) is 2. The van der Waals surface area contributed by atoms with Gasteiger partial charge in [-0.25, -0.2) is 0 Å². The number of rotatable bonds is 1. The zero-order valence-electron chi connectivity index (χ0n) is 9.10. The Kier molecular flexibility index (Phi) is 2.80. The highest BCUT2D eigenvalue weighted by molar-refractivity contribution is 9.11. The molecule has 2 atom stereocenters. The Bertz CT molecular complexity index is 474. The van der Waals surface area contributed by atoms with Crippen molar-refractivity contribution in [3.05, 3.63) is 22.3 Å². The second-order valence-corrected chi connectivity index (χ2v) is 4.79. The monoisotopic (exact) mass is 293 g/mol. The van der Waals surface area contributed by atoms with Crippen molar-refractivity contribution in [2.24, 2.45) is 15.0 Å². The maximum absolute atomic E-state index is 4.43. The molecule has 88 valence electrons. The number of allylic oxidation sites excluding steroid dienone is 1. The van der Waals surface area contributed by atoms with Crippen LogP contribution in [-0.4, -0.2) is 43.6 Å². The second-order valence-electron chi connectivity index (χ2n) is 3.93. The van der Waals surface area contributed by atoms with Gasteiger partial charge in [-0.2, -0.15) is 0 Å². The van der Waals surface area contributed by atoms with Crippen molar-refractivity contribution in [2.45, 2.75) is 12.1 Å². The molecule has 2 unspecified atom stereocenters. The van der Waals surface area contributed by atoms with E-state index in [1.807, 2.05) is 6.08 Å². The fourth-order valence-corrected chi connectivity index (χ4v) is 2.57. The second kappa shape index (κ2) is 4.44. The Hall–Kier alpha value is -1.43. The molecule has 1 aliphatic carbocycles. The zero-order valence-corrected chi connectivity index (χ0v) is 10.7. The van der Waals surface area contributed by atoms with Crippen molar-refractivity contribution in [3.8, 4) is 0 Å². The Balaban J connectivity index is 1.82. The van der Waals surface area contributed by atoms with E-state index in [1.54, 1.807) is 12.4 Å². The first-order valence-corrected chi connectivity index (χ1v) is 6.32. The van der Waals surface area contributed by atoms with Crippen molar-refractivity contribution >= 4 is 34.3 Å². The summed E-state index contributed by atoms with van der Waals surface area (Å²) in [6, 6.07) is 0.160. The minimum absolute atomic E-state index is 0.0505. The van der Waals surface area contributed by atoms with Gasteiger partial charge in [-0.1, -0.05) is 22.0 Å². The van der Waals surface area contributed by atoms with E-state index < -0.39 is 0 Å². The summed E-state index contributed by atoms with van der Waals surface area (Å²) < 4.78 is 1.02. The van der Waals surface area contributed by atoms with Crippen molar-refractivity contribution in [2.75, 3.05) is 13.1 Å². The Morgan fingerprint density at radius 3 is 3.06 bits per heavy atom. The van der Waals surface area contributed by atoms with Crippen molar-refractivity contribution in [1.29, 1.82) is 0 Å². The smallest absolute Gasteiger partial charge is 0.195 e. The van der Waals surface area contributed by atoms with E-state index in [4.69, 9.17) is 0 Å². The van der Waals surface area contributed by atoms with Crippen LogP contribution in [0, 0.1) is 0 Å². The van der Waals surface area contributed by atoms with Crippen LogP contribution in [0.25, 0.3) is 0 Å². The van der Waals surface area contributed by atoms with Crippen LogP contribution in [0.4, 0.5) is 0 Å². The van der Waals surface area contributed by atoms with Crippen molar-refractivity contribution in [1.82, 2.24) is 10.6 Å². The topological polar surface area (TPSA) is 61.1 Å². The van der Waals surface area contributed by atoms with Crippen LogP contribution in [-0.2, 0) is 0 Å². The molecule has 6 heteroatoms. The molecule has 2 heterocycles. The van der Waals surface area contributed by atoms with Crippen LogP contribution in [0.1, 0.15) is 0 Å². The molecule has 0 aromatic carbocycles. The van der Waals surface area contributed by atoms with Gasteiger partial charge in [0.05, 0.1) is 18.3 Å². The quantitative estimate of drug-likeness (QED) is 0.744. The summed E-state index contributed by atoms with van der Waals surface area (Å²) in [5, 5.41) is 6.44. The predicted molar refractivity (Wildman–Crippen MR) is 73.1 cm³/mol. The van der Waals surface area contributed by atoms with Gasteiger partial charge in [0.2, 0.25) is 0 Å². The summed E-state index contributed by atoms with van der Waals surface area (Å²) >= 11 is 3.60. The first kappa shape index (κ1) is 10.7. The first-order chi connectivity index (χ1) is 8.34. The summed E-state index contributed by atoms with van der Waals surface area (Å²) in [7, 11) is 0. The molecule has 0 saturated carbocycles. The zero-order chi connectivity index (χ0) is 11.7. The van der Waals surface area contributed by atoms with Crippen LogP contribution in [0.2, 0.25) is 0 Å². The minimum Gasteiger partial charge on any atom is -0.354 e. The summed E-state index contributed by atoms with van der Waals surface area (Å²) in [6.07, 6.45) is 7.56. The molecule has 2 aliphatic heterocycles. The molecule has 2 N–H and O–H groups in total. The fourth-order valence-electron chi connectivity index (χ4n) is 1.95. The summed E-state index contributed by atoms with van der Waals surface area (Å²) in [4.78, 5) is 13.1. The van der Waals surface area contributed by atoms with Crippen LogP contribution in [0.5, 0.6) is 0 Å².